The molecule has 3 aromatic carbocycles. The van der Waals surface area contributed by atoms with Crippen molar-refractivity contribution in [3.63, 3.8) is 0 Å². The Kier molecular flexibility index (Phi) is 6.72. The molecule has 5 rings (SSSR count). The Hall–Kier alpha value is -4.09. The molecule has 4 aromatic rings. The summed E-state index contributed by atoms with van der Waals surface area (Å²) in [5, 5.41) is 22.2. The molecule has 0 fully saturated rings. The van der Waals surface area contributed by atoms with Crippen LogP contribution < -0.4 is 10.2 Å². The van der Waals surface area contributed by atoms with Gasteiger partial charge >= 0.3 is 5.97 Å². The minimum atomic E-state index is -0.761. The number of amidine groups is 1. The van der Waals surface area contributed by atoms with Gasteiger partial charge < -0.3 is 20.1 Å². The van der Waals surface area contributed by atoms with Gasteiger partial charge in [-0.2, -0.15) is 0 Å². The number of para-hydroxylation sites is 1. The Bertz CT molecular complexity index is 1570. The quantitative estimate of drug-likeness (QED) is 0.250. The van der Waals surface area contributed by atoms with E-state index in [1.807, 2.05) is 24.3 Å². The molecule has 0 atom stereocenters. The zero-order valence-corrected chi connectivity index (χ0v) is 21.4. The number of esters is 1. The van der Waals surface area contributed by atoms with Gasteiger partial charge in [0.25, 0.3) is 5.91 Å². The van der Waals surface area contributed by atoms with Crippen LogP contribution in [-0.2, 0) is 9.53 Å². The van der Waals surface area contributed by atoms with Gasteiger partial charge in [0.15, 0.2) is 6.61 Å². The average Bonchev–Trinajstić information content (AvgIpc) is 3.43. The van der Waals surface area contributed by atoms with Gasteiger partial charge in [-0.05, 0) is 48.5 Å². The number of aliphatic hydroxyl groups excluding tert-OH is 1. The molecule has 8 nitrogen and oxygen atoms in total. The van der Waals surface area contributed by atoms with Crippen molar-refractivity contribution in [1.29, 1.82) is 5.41 Å². The molecule has 0 spiro atoms. The van der Waals surface area contributed by atoms with Crippen molar-refractivity contribution in [2.24, 2.45) is 0 Å². The Morgan fingerprint density at radius 1 is 1.16 bits per heavy atom. The van der Waals surface area contributed by atoms with Crippen molar-refractivity contribution >= 4 is 72.1 Å². The number of thiazole rings is 1. The molecule has 2 heterocycles. The van der Waals surface area contributed by atoms with E-state index < -0.39 is 24.3 Å². The van der Waals surface area contributed by atoms with Crippen LogP contribution in [0.4, 0.5) is 15.8 Å². The number of hydrogen-bond donors (Lipinski definition) is 3. The first kappa shape index (κ1) is 24.6. The highest BCUT2D eigenvalue weighted by molar-refractivity contribution is 9.10. The van der Waals surface area contributed by atoms with Crippen LogP contribution in [0.1, 0.15) is 15.4 Å². The van der Waals surface area contributed by atoms with E-state index in [4.69, 9.17) is 10.1 Å². The van der Waals surface area contributed by atoms with Crippen LogP contribution in [0.5, 0.6) is 0 Å². The molecule has 1 aromatic heterocycles. The van der Waals surface area contributed by atoms with E-state index in [9.17, 15) is 19.1 Å². The van der Waals surface area contributed by atoms with E-state index in [-0.39, 0.29) is 29.4 Å². The van der Waals surface area contributed by atoms with Crippen LogP contribution in [-0.4, -0.2) is 41.0 Å². The second-order valence-electron chi connectivity index (χ2n) is 8.04. The van der Waals surface area contributed by atoms with E-state index in [0.29, 0.717) is 20.7 Å². The standard InChI is InChI=1S/C26H18BrFN4O4S/c27-15-8-9-18(17(28)11-15)30-22(34)13-36-26(35)14-4-3-5-16(10-14)32-12-20(33)23(24(32)29)25-31-19-6-1-2-7-21(19)37-25/h1-11,29,33H,12-13H2,(H,30,34). The maximum atomic E-state index is 13.9. The van der Waals surface area contributed by atoms with E-state index in [2.05, 4.69) is 26.2 Å². The second-order valence-corrected chi connectivity index (χ2v) is 9.99. The van der Waals surface area contributed by atoms with E-state index in [0.717, 1.165) is 10.2 Å². The summed E-state index contributed by atoms with van der Waals surface area (Å²) in [5.41, 5.74) is 1.73. The molecule has 0 saturated heterocycles. The summed E-state index contributed by atoms with van der Waals surface area (Å²) >= 11 is 4.52. The topological polar surface area (TPSA) is 116 Å². The zero-order chi connectivity index (χ0) is 26.1. The minimum Gasteiger partial charge on any atom is -0.510 e. The van der Waals surface area contributed by atoms with Crippen molar-refractivity contribution in [2.75, 3.05) is 23.4 Å². The van der Waals surface area contributed by atoms with Crippen molar-refractivity contribution in [2.45, 2.75) is 0 Å². The third kappa shape index (κ3) is 5.09. The number of rotatable bonds is 6. The monoisotopic (exact) mass is 580 g/mol. The molecule has 186 valence electrons. The van der Waals surface area contributed by atoms with Crippen molar-refractivity contribution in [3.8, 4) is 0 Å². The van der Waals surface area contributed by atoms with Gasteiger partial charge in [0.05, 0.1) is 33.6 Å². The summed E-state index contributed by atoms with van der Waals surface area (Å²) in [6, 6.07) is 18.1. The van der Waals surface area contributed by atoms with Crippen molar-refractivity contribution in [3.05, 3.63) is 93.4 Å². The lowest BCUT2D eigenvalue weighted by molar-refractivity contribution is -0.119. The molecule has 1 amide bonds. The molecular weight excluding hydrogens is 563 g/mol. The van der Waals surface area contributed by atoms with Gasteiger partial charge in [-0.25, -0.2) is 14.2 Å². The number of nitrogens with one attached hydrogen (secondary N) is 2. The second kappa shape index (κ2) is 10.1. The lowest BCUT2D eigenvalue weighted by Gasteiger charge is -2.19. The number of nitrogens with zero attached hydrogens (tertiary/aromatic N) is 2. The average molecular weight is 581 g/mol. The highest BCUT2D eigenvalue weighted by Gasteiger charge is 2.31. The van der Waals surface area contributed by atoms with Crippen LogP contribution >= 0.6 is 27.3 Å². The lowest BCUT2D eigenvalue weighted by atomic mass is 10.2. The number of anilines is 2. The van der Waals surface area contributed by atoms with Gasteiger partial charge in [-0.3, -0.25) is 10.2 Å². The molecule has 1 aliphatic heterocycles. The van der Waals surface area contributed by atoms with E-state index in [1.165, 1.54) is 35.6 Å². The predicted molar refractivity (Wildman–Crippen MR) is 144 cm³/mol. The summed E-state index contributed by atoms with van der Waals surface area (Å²) in [6.45, 7) is -0.564. The number of fused-ring (bicyclic) bond motifs is 1. The fraction of sp³-hybridized carbons (Fsp3) is 0.0769. The fourth-order valence-electron chi connectivity index (χ4n) is 3.80. The summed E-state index contributed by atoms with van der Waals surface area (Å²) in [4.78, 5) is 30.8. The normalized spacial score (nSPS) is 13.4. The van der Waals surface area contributed by atoms with E-state index >= 15 is 0 Å². The molecule has 3 N–H and O–H groups in total. The van der Waals surface area contributed by atoms with Crippen molar-refractivity contribution in [1.82, 2.24) is 4.98 Å². The number of hydrogen-bond acceptors (Lipinski definition) is 7. The SMILES string of the molecule is N=C1C(c2nc3ccccc3s2)=C(O)CN1c1cccc(C(=O)OCC(=O)Nc2ccc(Br)cc2F)c1. The highest BCUT2D eigenvalue weighted by Crippen LogP contribution is 2.35. The molecule has 11 heteroatoms. The minimum absolute atomic E-state index is 0.00822. The van der Waals surface area contributed by atoms with Crippen molar-refractivity contribution < 1.29 is 23.8 Å². The largest absolute Gasteiger partial charge is 0.510 e. The molecule has 1 aliphatic rings. The number of carbonyl (C=O) groups excluding carboxylic acids is 2. The van der Waals surface area contributed by atoms with Gasteiger partial charge in [-0.1, -0.05) is 34.1 Å². The van der Waals surface area contributed by atoms with Crippen LogP contribution in [0.15, 0.2) is 77.0 Å². The molecular formula is C26H18BrFN4O4S. The molecule has 0 unspecified atom stereocenters. The van der Waals surface area contributed by atoms with Gasteiger partial charge in [0.2, 0.25) is 0 Å². The number of carbonyl (C=O) groups is 2. The molecule has 0 bridgehead atoms. The van der Waals surface area contributed by atoms with Crippen LogP contribution in [0.3, 0.4) is 0 Å². The highest BCUT2D eigenvalue weighted by atomic mass is 79.9. The number of halogens is 2. The Balaban J connectivity index is 1.26. The maximum absolute atomic E-state index is 13.9. The summed E-state index contributed by atoms with van der Waals surface area (Å²) < 4.78 is 20.5. The number of benzene rings is 3. The van der Waals surface area contributed by atoms with Crippen LogP contribution in [0.2, 0.25) is 0 Å². The lowest BCUT2D eigenvalue weighted by Crippen LogP contribution is -2.26. The number of aliphatic hydroxyl groups is 1. The Morgan fingerprint density at radius 2 is 1.97 bits per heavy atom. The zero-order valence-electron chi connectivity index (χ0n) is 19.0. The molecule has 0 saturated carbocycles. The molecule has 37 heavy (non-hydrogen) atoms. The Labute approximate surface area is 222 Å². The first-order valence-electron chi connectivity index (χ1n) is 11.0. The first-order valence-corrected chi connectivity index (χ1v) is 12.6. The summed E-state index contributed by atoms with van der Waals surface area (Å²) in [5.74, 6) is -2.02. The first-order chi connectivity index (χ1) is 17.8. The third-order valence-corrected chi connectivity index (χ3v) is 7.09. The number of aromatic nitrogens is 1. The van der Waals surface area contributed by atoms with Gasteiger partial charge in [-0.15, -0.1) is 11.3 Å². The fourth-order valence-corrected chi connectivity index (χ4v) is 5.16. The maximum Gasteiger partial charge on any atom is 0.338 e. The van der Waals surface area contributed by atoms with Crippen LogP contribution in [0, 0.1) is 11.2 Å². The summed E-state index contributed by atoms with van der Waals surface area (Å²) in [6.07, 6.45) is 0. The van der Waals surface area contributed by atoms with E-state index in [1.54, 1.807) is 23.1 Å². The summed E-state index contributed by atoms with van der Waals surface area (Å²) in [7, 11) is 0. The van der Waals surface area contributed by atoms with Gasteiger partial charge in [0.1, 0.15) is 22.4 Å². The predicted octanol–water partition coefficient (Wildman–Crippen LogP) is 5.76. The number of ether oxygens (including phenoxy) is 1. The molecule has 0 aliphatic carbocycles. The number of amides is 1. The third-order valence-electron chi connectivity index (χ3n) is 5.54. The Morgan fingerprint density at radius 3 is 2.76 bits per heavy atom. The van der Waals surface area contributed by atoms with Gasteiger partial charge in [0, 0.05) is 10.2 Å². The van der Waals surface area contributed by atoms with Crippen LogP contribution in [0.25, 0.3) is 15.8 Å². The molecule has 0 radical (unpaired) electrons. The smallest absolute Gasteiger partial charge is 0.338 e.